The maximum absolute atomic E-state index is 12.9. The van der Waals surface area contributed by atoms with Crippen molar-refractivity contribution in [3.63, 3.8) is 0 Å². The molecule has 0 atom stereocenters. The van der Waals surface area contributed by atoms with Gasteiger partial charge in [0.05, 0.1) is 5.69 Å². The Morgan fingerprint density at radius 3 is 2.34 bits per heavy atom. The van der Waals surface area contributed by atoms with Crippen molar-refractivity contribution < 1.29 is 24.2 Å². The molecule has 8 heteroatoms. The van der Waals surface area contributed by atoms with E-state index in [0.29, 0.717) is 10.8 Å². The molecule has 0 spiro atoms. The summed E-state index contributed by atoms with van der Waals surface area (Å²) in [7, 11) is 0. The second-order valence-electron chi connectivity index (χ2n) is 6.89. The third-order valence-corrected chi connectivity index (χ3v) is 5.15. The highest BCUT2D eigenvalue weighted by atomic mass is 35.5. The summed E-state index contributed by atoms with van der Waals surface area (Å²) in [5.41, 5.74) is 1.09. The molecule has 0 bridgehead atoms. The molecule has 32 heavy (non-hydrogen) atoms. The van der Waals surface area contributed by atoms with Crippen LogP contribution in [0, 0.1) is 0 Å². The van der Waals surface area contributed by atoms with Crippen molar-refractivity contribution in [1.29, 1.82) is 0 Å². The molecular weight excluding hydrogens is 432 g/mol. The molecule has 4 rings (SSSR count). The van der Waals surface area contributed by atoms with E-state index in [1.807, 2.05) is 18.2 Å². The normalized spacial score (nSPS) is 15.1. The molecule has 0 aromatic heterocycles. The van der Waals surface area contributed by atoms with E-state index < -0.39 is 17.8 Å². The molecule has 1 saturated heterocycles. The number of hydrogen-bond donors (Lipinski definition) is 2. The summed E-state index contributed by atoms with van der Waals surface area (Å²) in [4.78, 5) is 38.4. The monoisotopic (exact) mass is 448 g/mol. The number of para-hydroxylation sites is 1. The molecule has 2 N–H and O–H groups in total. The highest BCUT2D eigenvalue weighted by Crippen LogP contribution is 2.26. The molecule has 1 fully saturated rings. The lowest BCUT2D eigenvalue weighted by Crippen LogP contribution is -2.54. The zero-order valence-corrected chi connectivity index (χ0v) is 17.4. The number of ether oxygens (including phenoxy) is 1. The maximum atomic E-state index is 12.9. The number of nitrogens with one attached hydrogen (secondary N) is 1. The number of halogens is 1. The minimum Gasteiger partial charge on any atom is -0.507 e. The number of amides is 4. The van der Waals surface area contributed by atoms with Crippen molar-refractivity contribution in [2.75, 3.05) is 4.90 Å². The van der Waals surface area contributed by atoms with Crippen molar-refractivity contribution in [3.05, 3.63) is 94.5 Å². The van der Waals surface area contributed by atoms with E-state index in [1.54, 1.807) is 36.4 Å². The maximum Gasteiger partial charge on any atom is 0.335 e. The Morgan fingerprint density at radius 1 is 0.938 bits per heavy atom. The lowest BCUT2D eigenvalue weighted by atomic mass is 10.1. The van der Waals surface area contributed by atoms with Gasteiger partial charge < -0.3 is 9.84 Å². The number of rotatable bonds is 5. The molecule has 4 amide bonds. The summed E-state index contributed by atoms with van der Waals surface area (Å²) < 4.78 is 5.72. The summed E-state index contributed by atoms with van der Waals surface area (Å²) in [5.74, 6) is -1.21. The molecule has 0 unspecified atom stereocenters. The average molecular weight is 449 g/mol. The van der Waals surface area contributed by atoms with E-state index in [9.17, 15) is 19.5 Å². The fraction of sp³-hybridized carbons (Fsp3) is 0.0417. The van der Waals surface area contributed by atoms with Crippen LogP contribution in [0.4, 0.5) is 10.5 Å². The van der Waals surface area contributed by atoms with Gasteiger partial charge in [0.25, 0.3) is 11.8 Å². The smallest absolute Gasteiger partial charge is 0.335 e. The summed E-state index contributed by atoms with van der Waals surface area (Å²) >= 11 is 6.13. The second kappa shape index (κ2) is 8.95. The first-order chi connectivity index (χ1) is 15.4. The third-order valence-electron chi connectivity index (χ3n) is 4.79. The number of phenols is 1. The standard InChI is InChI=1S/C24H17ClN2O5/c25-20-7-3-1-6-16(20)14-32-18-11-9-17(10-12-18)27-23(30)19(22(29)26-24(27)31)13-15-5-2-4-8-21(15)28/h1-13,28H,14H2,(H,26,29,31)/b19-13+. The van der Waals surface area contributed by atoms with Crippen molar-refractivity contribution in [3.8, 4) is 11.5 Å². The Bertz CT molecular complexity index is 1240. The van der Waals surface area contributed by atoms with Crippen LogP contribution in [0.1, 0.15) is 11.1 Å². The molecule has 0 aliphatic carbocycles. The van der Waals surface area contributed by atoms with Gasteiger partial charge >= 0.3 is 6.03 Å². The molecular formula is C24H17ClN2O5. The number of phenolic OH excluding ortho intramolecular Hbond substituents is 1. The molecule has 0 radical (unpaired) electrons. The quantitative estimate of drug-likeness (QED) is 0.448. The molecule has 3 aromatic rings. The number of urea groups is 1. The van der Waals surface area contributed by atoms with Crippen LogP contribution in [0.3, 0.4) is 0 Å². The molecule has 1 heterocycles. The lowest BCUT2D eigenvalue weighted by molar-refractivity contribution is -0.122. The number of carbonyl (C=O) groups is 3. The Hall–Kier alpha value is -4.10. The van der Waals surface area contributed by atoms with E-state index >= 15 is 0 Å². The van der Waals surface area contributed by atoms with Crippen molar-refractivity contribution in [2.24, 2.45) is 0 Å². The number of nitrogens with zero attached hydrogens (tertiary/aromatic N) is 1. The van der Waals surface area contributed by atoms with Gasteiger partial charge in [-0.25, -0.2) is 9.69 Å². The number of hydrogen-bond acceptors (Lipinski definition) is 5. The summed E-state index contributed by atoms with van der Waals surface area (Å²) in [6, 6.07) is 19.0. The lowest BCUT2D eigenvalue weighted by Gasteiger charge is -2.26. The Kier molecular flexibility index (Phi) is 5.91. The van der Waals surface area contributed by atoms with Gasteiger partial charge in [0.2, 0.25) is 0 Å². The van der Waals surface area contributed by atoms with Gasteiger partial charge in [-0.1, -0.05) is 48.0 Å². The first-order valence-electron chi connectivity index (χ1n) is 9.60. The Balaban J connectivity index is 1.55. The van der Waals surface area contributed by atoms with Crippen LogP contribution in [0.25, 0.3) is 6.08 Å². The number of anilines is 1. The zero-order valence-electron chi connectivity index (χ0n) is 16.6. The SMILES string of the molecule is O=C1NC(=O)N(c2ccc(OCc3ccccc3Cl)cc2)C(=O)/C1=C/c1ccccc1O. The van der Waals surface area contributed by atoms with Gasteiger partial charge in [-0.2, -0.15) is 0 Å². The molecule has 1 aliphatic rings. The number of benzene rings is 3. The zero-order chi connectivity index (χ0) is 22.7. The number of aromatic hydroxyl groups is 1. The van der Waals surface area contributed by atoms with Gasteiger partial charge in [0, 0.05) is 16.1 Å². The first kappa shape index (κ1) is 21.1. The summed E-state index contributed by atoms with van der Waals surface area (Å²) in [6.07, 6.45) is 1.24. The van der Waals surface area contributed by atoms with E-state index in [4.69, 9.17) is 16.3 Å². The second-order valence-corrected chi connectivity index (χ2v) is 7.30. The van der Waals surface area contributed by atoms with Crippen LogP contribution < -0.4 is 15.0 Å². The van der Waals surface area contributed by atoms with Crippen LogP contribution >= 0.6 is 11.6 Å². The molecule has 1 aliphatic heterocycles. The number of imide groups is 2. The van der Waals surface area contributed by atoms with E-state index in [1.165, 1.54) is 24.3 Å². The fourth-order valence-electron chi connectivity index (χ4n) is 3.13. The minimum atomic E-state index is -0.862. The molecule has 160 valence electrons. The number of carbonyl (C=O) groups excluding carboxylic acids is 3. The van der Waals surface area contributed by atoms with Crippen molar-refractivity contribution >= 4 is 41.2 Å². The Morgan fingerprint density at radius 2 is 1.62 bits per heavy atom. The molecule has 0 saturated carbocycles. The van der Waals surface area contributed by atoms with Gasteiger partial charge in [-0.3, -0.25) is 14.9 Å². The molecule has 7 nitrogen and oxygen atoms in total. The fourth-order valence-corrected chi connectivity index (χ4v) is 3.32. The van der Waals surface area contributed by atoms with Crippen LogP contribution in [0.5, 0.6) is 11.5 Å². The predicted molar refractivity (Wildman–Crippen MR) is 119 cm³/mol. The van der Waals surface area contributed by atoms with Gasteiger partial charge in [0.1, 0.15) is 23.7 Å². The van der Waals surface area contributed by atoms with E-state index in [2.05, 4.69) is 5.32 Å². The minimum absolute atomic E-state index is 0.0935. The predicted octanol–water partition coefficient (Wildman–Crippen LogP) is 4.29. The largest absolute Gasteiger partial charge is 0.507 e. The summed E-state index contributed by atoms with van der Waals surface area (Å²) in [6.45, 7) is 0.254. The average Bonchev–Trinajstić information content (AvgIpc) is 2.78. The van der Waals surface area contributed by atoms with Crippen LogP contribution in [-0.2, 0) is 16.2 Å². The number of barbiturate groups is 1. The van der Waals surface area contributed by atoms with Crippen molar-refractivity contribution in [2.45, 2.75) is 6.61 Å². The highest BCUT2D eigenvalue weighted by molar-refractivity contribution is 6.39. The van der Waals surface area contributed by atoms with Gasteiger partial charge in [0.15, 0.2) is 0 Å². The van der Waals surface area contributed by atoms with Crippen molar-refractivity contribution in [1.82, 2.24) is 5.32 Å². The Labute approximate surface area is 188 Å². The third kappa shape index (κ3) is 4.33. The van der Waals surface area contributed by atoms with Gasteiger partial charge in [-0.05, 0) is 42.5 Å². The topological polar surface area (TPSA) is 95.9 Å². The first-order valence-corrected chi connectivity index (χ1v) is 9.97. The van der Waals surface area contributed by atoms with E-state index in [-0.39, 0.29) is 29.2 Å². The van der Waals surface area contributed by atoms with Crippen LogP contribution in [0.15, 0.2) is 78.4 Å². The molecule has 3 aromatic carbocycles. The van der Waals surface area contributed by atoms with E-state index in [0.717, 1.165) is 10.5 Å². The van der Waals surface area contributed by atoms with Crippen LogP contribution in [0.2, 0.25) is 5.02 Å². The van der Waals surface area contributed by atoms with Crippen LogP contribution in [-0.4, -0.2) is 23.0 Å². The summed E-state index contributed by atoms with van der Waals surface area (Å²) in [5, 5.41) is 12.7. The van der Waals surface area contributed by atoms with Gasteiger partial charge in [-0.15, -0.1) is 0 Å². The highest BCUT2D eigenvalue weighted by Gasteiger charge is 2.36.